The molecule has 1 nitrogen and oxygen atoms in total. The van der Waals surface area contributed by atoms with Gasteiger partial charge in [0.15, 0.2) is 0 Å². The summed E-state index contributed by atoms with van der Waals surface area (Å²) in [6.07, 6.45) is 6.35. The van der Waals surface area contributed by atoms with Crippen molar-refractivity contribution in [1.29, 1.82) is 0 Å². The molecule has 2 rings (SSSR count). The predicted octanol–water partition coefficient (Wildman–Crippen LogP) is 4.32. The molecule has 0 unspecified atom stereocenters. The Kier molecular flexibility index (Phi) is 4.57. The van der Waals surface area contributed by atoms with Gasteiger partial charge in [0.1, 0.15) is 5.78 Å². The number of rotatable bonds is 4. The summed E-state index contributed by atoms with van der Waals surface area (Å²) in [7, 11) is 0. The molecule has 18 heavy (non-hydrogen) atoms. The Morgan fingerprint density at radius 1 is 1.22 bits per heavy atom. The van der Waals surface area contributed by atoms with Crippen molar-refractivity contribution in [3.63, 3.8) is 0 Å². The lowest BCUT2D eigenvalue weighted by molar-refractivity contribution is -0.124. The van der Waals surface area contributed by atoms with E-state index in [0.29, 0.717) is 11.7 Å². The smallest absolute Gasteiger partial charge is 0.136 e. The summed E-state index contributed by atoms with van der Waals surface area (Å²) in [4.78, 5) is 12.2. The highest BCUT2D eigenvalue weighted by Gasteiger charge is 2.23. The molecule has 0 spiro atoms. The average Bonchev–Trinajstić information content (AvgIpc) is 2.37. The molecule has 98 valence electrons. The number of ketones is 1. The van der Waals surface area contributed by atoms with Gasteiger partial charge >= 0.3 is 0 Å². The van der Waals surface area contributed by atoms with Gasteiger partial charge in [-0.1, -0.05) is 49.6 Å². The van der Waals surface area contributed by atoms with Crippen molar-refractivity contribution in [2.45, 2.75) is 52.4 Å². The quantitative estimate of drug-likeness (QED) is 0.770. The molecule has 0 bridgehead atoms. The first kappa shape index (κ1) is 13.3. The fourth-order valence-corrected chi connectivity index (χ4v) is 2.92. The normalized spacial score (nSPS) is 23.9. The average molecular weight is 244 g/mol. The molecule has 1 aromatic carbocycles. The van der Waals surface area contributed by atoms with Gasteiger partial charge in [-0.2, -0.15) is 0 Å². The summed E-state index contributed by atoms with van der Waals surface area (Å²) in [5, 5.41) is 0. The van der Waals surface area contributed by atoms with Gasteiger partial charge in [0.05, 0.1) is 0 Å². The second-order valence-electron chi connectivity index (χ2n) is 5.91. The minimum Gasteiger partial charge on any atom is -0.299 e. The molecule has 0 aromatic heterocycles. The minimum atomic E-state index is 0.353. The molecular formula is C17H24O. The lowest BCUT2D eigenvalue weighted by atomic mass is 9.80. The molecule has 1 aromatic rings. The van der Waals surface area contributed by atoms with Gasteiger partial charge in [-0.25, -0.2) is 0 Å². The van der Waals surface area contributed by atoms with E-state index in [2.05, 4.69) is 38.1 Å². The van der Waals surface area contributed by atoms with Gasteiger partial charge in [0, 0.05) is 12.3 Å². The van der Waals surface area contributed by atoms with Crippen LogP contribution < -0.4 is 0 Å². The van der Waals surface area contributed by atoms with Crippen molar-refractivity contribution in [2.75, 3.05) is 0 Å². The van der Waals surface area contributed by atoms with Crippen LogP contribution in [0.3, 0.4) is 0 Å². The van der Waals surface area contributed by atoms with Gasteiger partial charge < -0.3 is 0 Å². The molecule has 0 amide bonds. The van der Waals surface area contributed by atoms with Crippen LogP contribution in [0.2, 0.25) is 0 Å². The third kappa shape index (κ3) is 3.69. The third-order valence-electron chi connectivity index (χ3n) is 4.21. The van der Waals surface area contributed by atoms with E-state index in [9.17, 15) is 4.79 Å². The van der Waals surface area contributed by atoms with E-state index in [1.165, 1.54) is 24.0 Å². The lowest BCUT2D eigenvalue weighted by Crippen LogP contribution is -2.21. The molecule has 1 fully saturated rings. The molecule has 1 saturated carbocycles. The Balaban J connectivity index is 1.81. The van der Waals surface area contributed by atoms with Crippen LogP contribution in [-0.2, 0) is 11.2 Å². The maximum Gasteiger partial charge on any atom is 0.136 e. The van der Waals surface area contributed by atoms with Gasteiger partial charge in [0.2, 0.25) is 0 Å². The standard InChI is InChI=1S/C17H24O/c1-13-6-9-16(10-7-13)17(18)11-8-15-5-3-4-14(2)12-15/h3-5,12-13,16H,6-11H2,1-2H3. The van der Waals surface area contributed by atoms with Crippen molar-refractivity contribution in [2.24, 2.45) is 11.8 Å². The second-order valence-corrected chi connectivity index (χ2v) is 5.91. The summed E-state index contributed by atoms with van der Waals surface area (Å²) in [6, 6.07) is 8.50. The van der Waals surface area contributed by atoms with E-state index in [1.54, 1.807) is 0 Å². The molecule has 1 heteroatoms. The molecule has 0 N–H and O–H groups in total. The van der Waals surface area contributed by atoms with Crippen LogP contribution in [0.15, 0.2) is 24.3 Å². The molecule has 0 saturated heterocycles. The molecule has 0 heterocycles. The highest BCUT2D eigenvalue weighted by molar-refractivity contribution is 5.81. The largest absolute Gasteiger partial charge is 0.299 e. The van der Waals surface area contributed by atoms with Crippen molar-refractivity contribution >= 4 is 5.78 Å². The van der Waals surface area contributed by atoms with Crippen LogP contribution in [0.5, 0.6) is 0 Å². The second kappa shape index (κ2) is 6.17. The van der Waals surface area contributed by atoms with Crippen LogP contribution in [0.1, 0.15) is 50.2 Å². The van der Waals surface area contributed by atoms with E-state index < -0.39 is 0 Å². The van der Waals surface area contributed by atoms with E-state index in [-0.39, 0.29) is 0 Å². The highest BCUT2D eigenvalue weighted by atomic mass is 16.1. The maximum absolute atomic E-state index is 12.2. The van der Waals surface area contributed by atoms with E-state index in [4.69, 9.17) is 0 Å². The minimum absolute atomic E-state index is 0.353. The summed E-state index contributed by atoms with van der Waals surface area (Å²) in [5.41, 5.74) is 2.58. The Bertz CT molecular complexity index is 400. The summed E-state index contributed by atoms with van der Waals surface area (Å²) < 4.78 is 0. The van der Waals surface area contributed by atoms with Crippen LogP contribution in [0, 0.1) is 18.8 Å². The topological polar surface area (TPSA) is 17.1 Å². The van der Waals surface area contributed by atoms with Crippen LogP contribution in [0.25, 0.3) is 0 Å². The van der Waals surface area contributed by atoms with Gasteiger partial charge in [-0.15, -0.1) is 0 Å². The lowest BCUT2D eigenvalue weighted by Gasteiger charge is -2.25. The zero-order valence-electron chi connectivity index (χ0n) is 11.6. The number of Topliss-reactive ketones (excluding diaryl/α,β-unsaturated/α-hetero) is 1. The van der Waals surface area contributed by atoms with E-state index in [0.717, 1.165) is 31.6 Å². The van der Waals surface area contributed by atoms with Crippen molar-refractivity contribution in [3.05, 3.63) is 35.4 Å². The molecule has 1 aliphatic carbocycles. The fraction of sp³-hybridized carbons (Fsp3) is 0.588. The first-order chi connectivity index (χ1) is 8.65. The van der Waals surface area contributed by atoms with Crippen molar-refractivity contribution in [1.82, 2.24) is 0 Å². The highest BCUT2D eigenvalue weighted by Crippen LogP contribution is 2.29. The zero-order valence-corrected chi connectivity index (χ0v) is 11.6. The monoisotopic (exact) mass is 244 g/mol. The van der Waals surface area contributed by atoms with Crippen LogP contribution in [0.4, 0.5) is 0 Å². The number of hydrogen-bond donors (Lipinski definition) is 0. The summed E-state index contributed by atoms with van der Waals surface area (Å²) >= 11 is 0. The molecule has 0 atom stereocenters. The molecule has 0 radical (unpaired) electrons. The van der Waals surface area contributed by atoms with Crippen LogP contribution >= 0.6 is 0 Å². The maximum atomic E-state index is 12.2. The van der Waals surface area contributed by atoms with Crippen molar-refractivity contribution < 1.29 is 4.79 Å². The number of aryl methyl sites for hydroxylation is 2. The first-order valence-electron chi connectivity index (χ1n) is 7.23. The number of benzene rings is 1. The third-order valence-corrected chi connectivity index (χ3v) is 4.21. The number of carbonyl (C=O) groups is 1. The SMILES string of the molecule is Cc1cccc(CCC(=O)C2CCC(C)CC2)c1. The van der Waals surface area contributed by atoms with Gasteiger partial charge in [-0.05, 0) is 37.7 Å². The molecule has 0 aliphatic heterocycles. The van der Waals surface area contributed by atoms with E-state index >= 15 is 0 Å². The van der Waals surface area contributed by atoms with E-state index in [1.807, 2.05) is 0 Å². The summed E-state index contributed by atoms with van der Waals surface area (Å²) in [5.74, 6) is 1.67. The predicted molar refractivity (Wildman–Crippen MR) is 75.6 cm³/mol. The Morgan fingerprint density at radius 2 is 1.94 bits per heavy atom. The van der Waals surface area contributed by atoms with Gasteiger partial charge in [0.25, 0.3) is 0 Å². The Morgan fingerprint density at radius 3 is 2.61 bits per heavy atom. The zero-order chi connectivity index (χ0) is 13.0. The Labute approximate surface area is 111 Å². The van der Waals surface area contributed by atoms with Crippen LogP contribution in [-0.4, -0.2) is 5.78 Å². The molecular weight excluding hydrogens is 220 g/mol. The molecule has 1 aliphatic rings. The number of hydrogen-bond acceptors (Lipinski definition) is 1. The summed E-state index contributed by atoms with van der Waals surface area (Å²) in [6.45, 7) is 4.40. The first-order valence-corrected chi connectivity index (χ1v) is 7.23. The fourth-order valence-electron chi connectivity index (χ4n) is 2.92. The number of carbonyl (C=O) groups excluding carboxylic acids is 1. The Hall–Kier alpha value is -1.11. The van der Waals surface area contributed by atoms with Gasteiger partial charge in [-0.3, -0.25) is 4.79 Å². The van der Waals surface area contributed by atoms with Crippen molar-refractivity contribution in [3.8, 4) is 0 Å².